The molecule has 1 aliphatic heterocycles. The molecule has 0 radical (unpaired) electrons. The number of piperazine rings is 1. The molecule has 4 heteroatoms. The Morgan fingerprint density at radius 2 is 1.80 bits per heavy atom. The van der Waals surface area contributed by atoms with Crippen LogP contribution in [0.3, 0.4) is 0 Å². The first-order valence-electron chi connectivity index (χ1n) is 8.96. The summed E-state index contributed by atoms with van der Waals surface area (Å²) in [6.07, 6.45) is 1.03. The van der Waals surface area contributed by atoms with Gasteiger partial charge < -0.3 is 10.0 Å². The fraction of sp³-hybridized carbons (Fsp3) is 0.381. The van der Waals surface area contributed by atoms with Gasteiger partial charge in [-0.2, -0.15) is 0 Å². The molecule has 2 aromatic carbocycles. The van der Waals surface area contributed by atoms with Crippen LogP contribution in [0.5, 0.6) is 5.75 Å². The molecule has 0 aliphatic carbocycles. The minimum absolute atomic E-state index is 0.176. The molecule has 1 aliphatic rings. The number of aromatic hydroxyl groups is 1. The van der Waals surface area contributed by atoms with E-state index in [9.17, 15) is 9.90 Å². The minimum atomic E-state index is 0.176. The standard InChI is InChI=1S/C21H26N2O2/c1-17-15-22(16-18-7-3-2-4-8-18)13-14-23(17)21(25)12-11-19-9-5-6-10-20(19)24/h2-10,17,24H,11-16H2,1H3. The molecule has 1 unspecified atom stereocenters. The Morgan fingerprint density at radius 3 is 2.52 bits per heavy atom. The average molecular weight is 338 g/mol. The molecule has 3 rings (SSSR count). The molecule has 0 saturated carbocycles. The Balaban J connectivity index is 1.51. The maximum absolute atomic E-state index is 12.6. The van der Waals surface area contributed by atoms with Crippen molar-refractivity contribution >= 4 is 5.91 Å². The van der Waals surface area contributed by atoms with Crippen LogP contribution in [0.25, 0.3) is 0 Å². The van der Waals surface area contributed by atoms with Crippen LogP contribution in [0.2, 0.25) is 0 Å². The van der Waals surface area contributed by atoms with Crippen molar-refractivity contribution in [3.05, 3.63) is 65.7 Å². The molecule has 132 valence electrons. The Morgan fingerprint density at radius 1 is 1.08 bits per heavy atom. The minimum Gasteiger partial charge on any atom is -0.508 e. The normalized spacial score (nSPS) is 18.3. The zero-order valence-electron chi connectivity index (χ0n) is 14.8. The number of phenols is 1. The van der Waals surface area contributed by atoms with E-state index in [2.05, 4.69) is 36.1 Å². The number of hydrogen-bond acceptors (Lipinski definition) is 3. The molecule has 2 aromatic rings. The summed E-state index contributed by atoms with van der Waals surface area (Å²) < 4.78 is 0. The predicted octanol–water partition coefficient (Wildman–Crippen LogP) is 3.06. The van der Waals surface area contributed by atoms with Crippen LogP contribution in [-0.2, 0) is 17.8 Å². The van der Waals surface area contributed by atoms with Gasteiger partial charge in [-0.3, -0.25) is 9.69 Å². The van der Waals surface area contributed by atoms with E-state index >= 15 is 0 Å². The smallest absolute Gasteiger partial charge is 0.223 e. The molecule has 0 spiro atoms. The highest BCUT2D eigenvalue weighted by molar-refractivity contribution is 5.77. The van der Waals surface area contributed by atoms with Crippen molar-refractivity contribution in [3.63, 3.8) is 0 Å². The summed E-state index contributed by atoms with van der Waals surface area (Å²) in [7, 11) is 0. The molecule has 25 heavy (non-hydrogen) atoms. The van der Waals surface area contributed by atoms with Gasteiger partial charge in [0.05, 0.1) is 0 Å². The van der Waals surface area contributed by atoms with Crippen LogP contribution < -0.4 is 0 Å². The second-order valence-corrected chi connectivity index (χ2v) is 6.79. The van der Waals surface area contributed by atoms with Gasteiger partial charge in [0.1, 0.15) is 5.75 Å². The summed E-state index contributed by atoms with van der Waals surface area (Å²) in [5, 5.41) is 9.83. The third kappa shape index (κ3) is 4.60. The van der Waals surface area contributed by atoms with E-state index in [0.29, 0.717) is 12.8 Å². The van der Waals surface area contributed by atoms with Gasteiger partial charge in [-0.25, -0.2) is 0 Å². The maximum atomic E-state index is 12.6. The van der Waals surface area contributed by atoms with Crippen LogP contribution in [0, 0.1) is 0 Å². The lowest BCUT2D eigenvalue weighted by atomic mass is 10.1. The van der Waals surface area contributed by atoms with Crippen LogP contribution in [0.15, 0.2) is 54.6 Å². The largest absolute Gasteiger partial charge is 0.508 e. The molecule has 1 atom stereocenters. The fourth-order valence-corrected chi connectivity index (χ4v) is 3.50. The SMILES string of the molecule is CC1CN(Cc2ccccc2)CCN1C(=O)CCc1ccccc1O. The van der Waals surface area contributed by atoms with Gasteiger partial charge in [0.2, 0.25) is 5.91 Å². The number of rotatable bonds is 5. The van der Waals surface area contributed by atoms with E-state index < -0.39 is 0 Å². The van der Waals surface area contributed by atoms with Crippen molar-refractivity contribution in [2.75, 3.05) is 19.6 Å². The van der Waals surface area contributed by atoms with Crippen LogP contribution in [0.1, 0.15) is 24.5 Å². The molecule has 1 N–H and O–H groups in total. The molecule has 1 heterocycles. The number of nitrogens with zero attached hydrogens (tertiary/aromatic N) is 2. The maximum Gasteiger partial charge on any atom is 0.223 e. The summed E-state index contributed by atoms with van der Waals surface area (Å²) in [6.45, 7) is 5.63. The van der Waals surface area contributed by atoms with E-state index in [-0.39, 0.29) is 17.7 Å². The second-order valence-electron chi connectivity index (χ2n) is 6.79. The Labute approximate surface area is 149 Å². The first kappa shape index (κ1) is 17.5. The summed E-state index contributed by atoms with van der Waals surface area (Å²) >= 11 is 0. The molecule has 1 fully saturated rings. The van der Waals surface area contributed by atoms with Crippen molar-refractivity contribution in [2.45, 2.75) is 32.4 Å². The third-order valence-corrected chi connectivity index (χ3v) is 4.88. The lowest BCUT2D eigenvalue weighted by Gasteiger charge is -2.40. The highest BCUT2D eigenvalue weighted by Crippen LogP contribution is 2.19. The fourth-order valence-electron chi connectivity index (χ4n) is 3.50. The Hall–Kier alpha value is -2.33. The molecular weight excluding hydrogens is 312 g/mol. The first-order valence-corrected chi connectivity index (χ1v) is 8.96. The molecule has 0 aromatic heterocycles. The average Bonchev–Trinajstić information content (AvgIpc) is 2.62. The van der Waals surface area contributed by atoms with Crippen molar-refractivity contribution in [3.8, 4) is 5.75 Å². The number of aryl methyl sites for hydroxylation is 1. The predicted molar refractivity (Wildman–Crippen MR) is 99.3 cm³/mol. The van der Waals surface area contributed by atoms with Crippen LogP contribution in [0.4, 0.5) is 0 Å². The number of hydrogen-bond donors (Lipinski definition) is 1. The highest BCUT2D eigenvalue weighted by Gasteiger charge is 2.27. The Bertz CT molecular complexity index is 702. The molecule has 0 bridgehead atoms. The van der Waals surface area contributed by atoms with Gasteiger partial charge in [0, 0.05) is 38.6 Å². The van der Waals surface area contributed by atoms with Gasteiger partial charge >= 0.3 is 0 Å². The zero-order valence-corrected chi connectivity index (χ0v) is 14.8. The van der Waals surface area contributed by atoms with Crippen molar-refractivity contribution in [1.29, 1.82) is 0 Å². The van der Waals surface area contributed by atoms with Gasteiger partial charge in [-0.05, 0) is 30.5 Å². The number of carbonyl (C=O) groups excluding carboxylic acids is 1. The lowest BCUT2D eigenvalue weighted by Crippen LogP contribution is -2.53. The summed E-state index contributed by atoms with van der Waals surface area (Å²) in [4.78, 5) is 17.0. The van der Waals surface area contributed by atoms with E-state index in [0.717, 1.165) is 31.7 Å². The van der Waals surface area contributed by atoms with E-state index in [1.165, 1.54) is 5.56 Å². The van der Waals surface area contributed by atoms with Crippen molar-refractivity contribution in [2.24, 2.45) is 0 Å². The van der Waals surface area contributed by atoms with E-state index in [1.54, 1.807) is 12.1 Å². The number of carbonyl (C=O) groups is 1. The van der Waals surface area contributed by atoms with Gasteiger partial charge in [0.25, 0.3) is 0 Å². The second kappa shape index (κ2) is 8.17. The van der Waals surface area contributed by atoms with Gasteiger partial charge in [-0.15, -0.1) is 0 Å². The van der Waals surface area contributed by atoms with Crippen LogP contribution in [-0.4, -0.2) is 46.5 Å². The molecule has 4 nitrogen and oxygen atoms in total. The van der Waals surface area contributed by atoms with E-state index in [4.69, 9.17) is 0 Å². The number of para-hydroxylation sites is 1. The van der Waals surface area contributed by atoms with E-state index in [1.807, 2.05) is 23.1 Å². The van der Waals surface area contributed by atoms with Crippen molar-refractivity contribution in [1.82, 2.24) is 9.80 Å². The summed E-state index contributed by atoms with van der Waals surface area (Å²) in [5.41, 5.74) is 2.15. The Kier molecular flexibility index (Phi) is 5.71. The monoisotopic (exact) mass is 338 g/mol. The molecule has 1 saturated heterocycles. The quantitative estimate of drug-likeness (QED) is 0.911. The highest BCUT2D eigenvalue weighted by atomic mass is 16.3. The van der Waals surface area contributed by atoms with Crippen LogP contribution >= 0.6 is 0 Å². The summed E-state index contributed by atoms with van der Waals surface area (Å²) in [5.74, 6) is 0.450. The first-order chi connectivity index (χ1) is 12.1. The number of phenolic OH excluding ortho intramolecular Hbond substituents is 1. The molecular formula is C21H26N2O2. The lowest BCUT2D eigenvalue weighted by molar-refractivity contribution is -0.135. The topological polar surface area (TPSA) is 43.8 Å². The van der Waals surface area contributed by atoms with Gasteiger partial charge in [0.15, 0.2) is 0 Å². The number of benzene rings is 2. The third-order valence-electron chi connectivity index (χ3n) is 4.88. The number of amides is 1. The molecule has 1 amide bonds. The van der Waals surface area contributed by atoms with Gasteiger partial charge in [-0.1, -0.05) is 48.5 Å². The summed E-state index contributed by atoms with van der Waals surface area (Å²) in [6, 6.07) is 17.9. The van der Waals surface area contributed by atoms with Crippen molar-refractivity contribution < 1.29 is 9.90 Å². The zero-order chi connectivity index (χ0) is 17.6.